The number of amides is 2. The first-order chi connectivity index (χ1) is 10.0. The molecule has 3 N–H and O–H groups in total. The highest BCUT2D eigenvalue weighted by Crippen LogP contribution is 2.20. The van der Waals surface area contributed by atoms with Gasteiger partial charge in [0.1, 0.15) is 6.04 Å². The van der Waals surface area contributed by atoms with E-state index in [1.165, 1.54) is 12.1 Å². The number of hydrogen-bond acceptors (Lipinski definition) is 6. The van der Waals surface area contributed by atoms with E-state index in [1.54, 1.807) is 18.2 Å². The van der Waals surface area contributed by atoms with Crippen molar-refractivity contribution in [3.05, 3.63) is 46.0 Å². The molecular formula is C13H12N4O4. The number of nitro benzene ring substituents is 1. The van der Waals surface area contributed by atoms with E-state index in [9.17, 15) is 19.7 Å². The van der Waals surface area contributed by atoms with Crippen molar-refractivity contribution >= 4 is 23.2 Å². The van der Waals surface area contributed by atoms with E-state index in [0.717, 1.165) is 0 Å². The van der Waals surface area contributed by atoms with Crippen molar-refractivity contribution in [1.82, 2.24) is 10.6 Å². The van der Waals surface area contributed by atoms with Crippen LogP contribution < -0.4 is 16.0 Å². The molecule has 1 fully saturated rings. The molecule has 3 rings (SSSR count). The molecule has 1 saturated heterocycles. The number of non-ortho nitro benzene ring substituents is 1. The number of carbonyl (C=O) groups is 2. The van der Waals surface area contributed by atoms with Gasteiger partial charge >= 0.3 is 0 Å². The first-order valence-electron chi connectivity index (χ1n) is 6.36. The van der Waals surface area contributed by atoms with Crippen molar-refractivity contribution in [3.8, 4) is 0 Å². The molecule has 21 heavy (non-hydrogen) atoms. The van der Waals surface area contributed by atoms with Crippen LogP contribution in [0.5, 0.6) is 0 Å². The molecule has 2 aliphatic rings. The number of rotatable bonds is 3. The largest absolute Gasteiger partial charge is 0.378 e. The van der Waals surface area contributed by atoms with Crippen molar-refractivity contribution < 1.29 is 14.5 Å². The molecule has 0 spiro atoms. The molecule has 0 bridgehead atoms. The van der Waals surface area contributed by atoms with Crippen molar-refractivity contribution in [2.75, 3.05) is 11.9 Å². The summed E-state index contributed by atoms with van der Waals surface area (Å²) < 4.78 is 0. The number of anilines is 1. The minimum Gasteiger partial charge on any atom is -0.378 e. The van der Waals surface area contributed by atoms with Crippen LogP contribution in [0.4, 0.5) is 11.4 Å². The second-order valence-corrected chi connectivity index (χ2v) is 4.84. The fraction of sp³-hybridized carbons (Fsp3) is 0.231. The second kappa shape index (κ2) is 4.98. The van der Waals surface area contributed by atoms with Crippen LogP contribution >= 0.6 is 0 Å². The highest BCUT2D eigenvalue weighted by Gasteiger charge is 2.38. The summed E-state index contributed by atoms with van der Waals surface area (Å²) in [7, 11) is 0. The van der Waals surface area contributed by atoms with E-state index < -0.39 is 11.0 Å². The molecular weight excluding hydrogens is 276 g/mol. The van der Waals surface area contributed by atoms with Gasteiger partial charge < -0.3 is 5.32 Å². The fourth-order valence-corrected chi connectivity index (χ4v) is 2.41. The van der Waals surface area contributed by atoms with E-state index in [4.69, 9.17) is 0 Å². The summed E-state index contributed by atoms with van der Waals surface area (Å²) in [6, 6.07) is 5.26. The van der Waals surface area contributed by atoms with Gasteiger partial charge in [-0.05, 0) is 12.1 Å². The van der Waals surface area contributed by atoms with Crippen LogP contribution in [0, 0.1) is 10.1 Å². The summed E-state index contributed by atoms with van der Waals surface area (Å²) in [5.74, 6) is -0.715. The zero-order chi connectivity index (χ0) is 15.0. The third-order valence-corrected chi connectivity index (χ3v) is 3.42. The third-order valence-electron chi connectivity index (χ3n) is 3.42. The van der Waals surface area contributed by atoms with Crippen LogP contribution in [0.3, 0.4) is 0 Å². The number of nitrogens with one attached hydrogen (secondary N) is 3. The fourth-order valence-electron chi connectivity index (χ4n) is 2.41. The highest BCUT2D eigenvalue weighted by molar-refractivity contribution is 6.17. The Kier molecular flexibility index (Phi) is 3.15. The molecule has 2 aliphatic heterocycles. The van der Waals surface area contributed by atoms with Gasteiger partial charge in [0.25, 0.3) is 11.6 Å². The monoisotopic (exact) mass is 288 g/mol. The molecule has 2 amide bonds. The summed E-state index contributed by atoms with van der Waals surface area (Å²) in [6.07, 6.45) is 1.71. The number of hydrogen-bond donors (Lipinski definition) is 3. The Hall–Kier alpha value is -2.74. The Morgan fingerprint density at radius 1 is 1.24 bits per heavy atom. The minimum atomic E-state index is -0.576. The highest BCUT2D eigenvalue weighted by atomic mass is 16.6. The molecule has 2 atom stereocenters. The molecule has 0 saturated carbocycles. The van der Waals surface area contributed by atoms with Gasteiger partial charge in [0.2, 0.25) is 5.91 Å². The topological polar surface area (TPSA) is 113 Å². The molecule has 1 aromatic rings. The molecule has 0 radical (unpaired) electrons. The first kappa shape index (κ1) is 13.3. The SMILES string of the molecule is O=C1NC(=O)C2NCC(Nc3ccc([N+](=O)[O-])cc3)C=C12. The number of fused-ring (bicyclic) bond motifs is 1. The molecule has 8 heteroatoms. The van der Waals surface area contributed by atoms with E-state index >= 15 is 0 Å². The Balaban J connectivity index is 1.74. The lowest BCUT2D eigenvalue weighted by Gasteiger charge is -2.24. The van der Waals surface area contributed by atoms with Crippen LogP contribution in [-0.4, -0.2) is 35.4 Å². The van der Waals surface area contributed by atoms with E-state index in [0.29, 0.717) is 17.8 Å². The minimum absolute atomic E-state index is 0.0153. The summed E-state index contributed by atoms with van der Waals surface area (Å²) in [4.78, 5) is 33.2. The average molecular weight is 288 g/mol. The van der Waals surface area contributed by atoms with Crippen molar-refractivity contribution in [3.63, 3.8) is 0 Å². The summed E-state index contributed by atoms with van der Waals surface area (Å²) in [6.45, 7) is 0.478. The van der Waals surface area contributed by atoms with Crippen molar-refractivity contribution in [1.29, 1.82) is 0 Å². The van der Waals surface area contributed by atoms with Crippen molar-refractivity contribution in [2.24, 2.45) is 0 Å². The molecule has 108 valence electrons. The van der Waals surface area contributed by atoms with Crippen molar-refractivity contribution in [2.45, 2.75) is 12.1 Å². The Bertz CT molecular complexity index is 653. The second-order valence-electron chi connectivity index (χ2n) is 4.84. The quantitative estimate of drug-likeness (QED) is 0.407. The van der Waals surface area contributed by atoms with Gasteiger partial charge in [-0.3, -0.25) is 30.3 Å². The average Bonchev–Trinajstić information content (AvgIpc) is 2.74. The van der Waals surface area contributed by atoms with Gasteiger partial charge in [-0.15, -0.1) is 0 Å². The van der Waals surface area contributed by atoms with Crippen LogP contribution in [0.15, 0.2) is 35.9 Å². The molecule has 2 heterocycles. The number of carbonyl (C=O) groups excluding carboxylic acids is 2. The van der Waals surface area contributed by atoms with Gasteiger partial charge in [0.05, 0.1) is 11.0 Å². The predicted octanol–water partition coefficient (Wildman–Crippen LogP) is -0.0701. The van der Waals surface area contributed by atoms with Gasteiger partial charge in [-0.2, -0.15) is 0 Å². The summed E-state index contributed by atoms with van der Waals surface area (Å²) >= 11 is 0. The third kappa shape index (κ3) is 2.48. The molecule has 8 nitrogen and oxygen atoms in total. The summed E-state index contributed by atoms with van der Waals surface area (Å²) in [5.41, 5.74) is 1.12. The Morgan fingerprint density at radius 3 is 2.62 bits per heavy atom. The molecule has 1 aromatic carbocycles. The van der Waals surface area contributed by atoms with E-state index in [-0.39, 0.29) is 23.5 Å². The lowest BCUT2D eigenvalue weighted by molar-refractivity contribution is -0.384. The zero-order valence-electron chi connectivity index (χ0n) is 10.8. The summed E-state index contributed by atoms with van der Waals surface area (Å²) in [5, 5.41) is 19.0. The van der Waals surface area contributed by atoms with Crippen LogP contribution in [-0.2, 0) is 9.59 Å². The Morgan fingerprint density at radius 2 is 1.95 bits per heavy atom. The maximum Gasteiger partial charge on any atom is 0.269 e. The van der Waals surface area contributed by atoms with Gasteiger partial charge in [-0.25, -0.2) is 0 Å². The van der Waals surface area contributed by atoms with Crippen LogP contribution in [0.1, 0.15) is 0 Å². The maximum atomic E-state index is 11.6. The number of benzene rings is 1. The van der Waals surface area contributed by atoms with Crippen LogP contribution in [0.2, 0.25) is 0 Å². The lowest BCUT2D eigenvalue weighted by atomic mass is 10.0. The Labute approximate surface area is 119 Å². The van der Waals surface area contributed by atoms with E-state index in [1.807, 2.05) is 0 Å². The van der Waals surface area contributed by atoms with Gasteiger partial charge in [-0.1, -0.05) is 6.08 Å². The van der Waals surface area contributed by atoms with Gasteiger partial charge in [0, 0.05) is 29.9 Å². The standard InChI is InChI=1S/C13H12N4O4/c18-12-10-5-8(6-14-11(10)13(19)16-12)15-7-1-3-9(4-2-7)17(20)21/h1-5,8,11,14-15H,6H2,(H,16,18,19). The number of nitro groups is 1. The zero-order valence-corrected chi connectivity index (χ0v) is 10.8. The van der Waals surface area contributed by atoms with Gasteiger partial charge in [0.15, 0.2) is 0 Å². The predicted molar refractivity (Wildman–Crippen MR) is 73.5 cm³/mol. The van der Waals surface area contributed by atoms with Crippen LogP contribution in [0.25, 0.3) is 0 Å². The first-order valence-corrected chi connectivity index (χ1v) is 6.36. The number of imide groups is 1. The lowest BCUT2D eigenvalue weighted by Crippen LogP contribution is -2.46. The smallest absolute Gasteiger partial charge is 0.269 e. The normalized spacial score (nSPS) is 24.1. The maximum absolute atomic E-state index is 11.6. The molecule has 2 unspecified atom stereocenters. The molecule has 0 aliphatic carbocycles. The molecule has 0 aromatic heterocycles. The van der Waals surface area contributed by atoms with E-state index in [2.05, 4.69) is 16.0 Å². The number of nitrogens with zero attached hydrogens (tertiary/aromatic N) is 1.